The van der Waals surface area contributed by atoms with Gasteiger partial charge in [-0.1, -0.05) is 6.07 Å². The zero-order valence-electron chi connectivity index (χ0n) is 12.5. The molecule has 0 aliphatic carbocycles. The number of halogens is 2. The maximum atomic E-state index is 13.1. The lowest BCUT2D eigenvalue weighted by Crippen LogP contribution is -2.54. The van der Waals surface area contributed by atoms with E-state index in [1.807, 2.05) is 0 Å². The number of carbonyl (C=O) groups is 3. The van der Waals surface area contributed by atoms with Crippen LogP contribution in [-0.2, 0) is 9.59 Å². The van der Waals surface area contributed by atoms with Crippen LogP contribution in [0.25, 0.3) is 6.08 Å². The van der Waals surface area contributed by atoms with Crippen molar-refractivity contribution in [2.45, 2.75) is 0 Å². The number of benzene rings is 2. The van der Waals surface area contributed by atoms with Crippen LogP contribution in [0.3, 0.4) is 0 Å². The van der Waals surface area contributed by atoms with E-state index in [9.17, 15) is 23.9 Å². The van der Waals surface area contributed by atoms with Gasteiger partial charge < -0.3 is 5.11 Å². The molecule has 0 radical (unpaired) electrons. The summed E-state index contributed by atoms with van der Waals surface area (Å²) in [5.74, 6) is -2.18. The van der Waals surface area contributed by atoms with E-state index in [4.69, 9.17) is 0 Å². The van der Waals surface area contributed by atoms with Crippen molar-refractivity contribution in [2.75, 3.05) is 4.90 Å². The minimum Gasteiger partial charge on any atom is -0.507 e. The highest BCUT2D eigenvalue weighted by molar-refractivity contribution is 9.10. The Labute approximate surface area is 149 Å². The van der Waals surface area contributed by atoms with Crippen LogP contribution in [0.5, 0.6) is 5.75 Å². The van der Waals surface area contributed by atoms with Crippen molar-refractivity contribution in [1.82, 2.24) is 5.32 Å². The minimum atomic E-state index is -0.911. The summed E-state index contributed by atoms with van der Waals surface area (Å²) in [6.07, 6.45) is 1.30. The molecule has 1 saturated heterocycles. The Balaban J connectivity index is 2.01. The zero-order chi connectivity index (χ0) is 18.1. The van der Waals surface area contributed by atoms with E-state index in [0.717, 1.165) is 17.0 Å². The number of urea groups is 1. The summed E-state index contributed by atoms with van der Waals surface area (Å²) in [7, 11) is 0. The standard InChI is InChI=1S/C17H10BrFN2O4/c18-13-8-9(1-6-14(13)22)7-12-15(23)20-17(25)21(16(12)24)11-4-2-10(19)3-5-11/h1-8,22H,(H,20,23,25). The maximum Gasteiger partial charge on any atom is 0.335 e. The van der Waals surface area contributed by atoms with Crippen LogP contribution in [0.2, 0.25) is 0 Å². The van der Waals surface area contributed by atoms with Crippen LogP contribution in [0.1, 0.15) is 5.56 Å². The number of phenols is 1. The molecule has 1 fully saturated rings. The smallest absolute Gasteiger partial charge is 0.335 e. The van der Waals surface area contributed by atoms with Crippen molar-refractivity contribution < 1.29 is 23.9 Å². The Hall–Kier alpha value is -3.00. The molecule has 0 unspecified atom stereocenters. The van der Waals surface area contributed by atoms with E-state index >= 15 is 0 Å². The van der Waals surface area contributed by atoms with Crippen molar-refractivity contribution in [1.29, 1.82) is 0 Å². The first kappa shape index (κ1) is 16.8. The maximum absolute atomic E-state index is 13.1. The van der Waals surface area contributed by atoms with Crippen LogP contribution >= 0.6 is 15.9 Å². The molecule has 8 heteroatoms. The number of phenolic OH excluding ortho intramolecular Hbond substituents is 1. The molecular weight excluding hydrogens is 395 g/mol. The van der Waals surface area contributed by atoms with Gasteiger partial charge >= 0.3 is 6.03 Å². The van der Waals surface area contributed by atoms with Crippen LogP contribution in [0.15, 0.2) is 52.5 Å². The van der Waals surface area contributed by atoms with Gasteiger partial charge in [-0.25, -0.2) is 14.1 Å². The number of hydrogen-bond donors (Lipinski definition) is 2. The SMILES string of the molecule is O=C1NC(=O)N(c2ccc(F)cc2)C(=O)C1=Cc1ccc(O)c(Br)c1. The number of anilines is 1. The number of carbonyl (C=O) groups excluding carboxylic acids is 3. The summed E-state index contributed by atoms with van der Waals surface area (Å²) < 4.78 is 13.4. The third-order valence-corrected chi connectivity index (χ3v) is 4.10. The summed E-state index contributed by atoms with van der Waals surface area (Å²) in [4.78, 5) is 37.4. The summed E-state index contributed by atoms with van der Waals surface area (Å²) in [6.45, 7) is 0. The van der Waals surface area contributed by atoms with Gasteiger partial charge in [0, 0.05) is 0 Å². The second-order valence-electron chi connectivity index (χ2n) is 5.15. The van der Waals surface area contributed by atoms with Crippen molar-refractivity contribution in [3.05, 3.63) is 63.9 Å². The molecule has 3 rings (SSSR count). The normalized spacial score (nSPS) is 16.3. The Morgan fingerprint density at radius 2 is 1.76 bits per heavy atom. The second kappa shape index (κ2) is 6.48. The molecule has 1 aliphatic heterocycles. The van der Waals surface area contributed by atoms with E-state index in [1.54, 1.807) is 0 Å². The molecule has 2 N–H and O–H groups in total. The summed E-state index contributed by atoms with van der Waals surface area (Å²) in [5.41, 5.74) is 0.340. The molecule has 1 aliphatic rings. The summed E-state index contributed by atoms with van der Waals surface area (Å²) in [5, 5.41) is 11.6. The predicted molar refractivity (Wildman–Crippen MR) is 91.2 cm³/mol. The first-order valence-corrected chi connectivity index (χ1v) is 7.81. The number of nitrogens with zero attached hydrogens (tertiary/aromatic N) is 1. The molecule has 0 spiro atoms. The van der Waals surface area contributed by atoms with E-state index in [0.29, 0.717) is 10.0 Å². The molecule has 0 atom stereocenters. The monoisotopic (exact) mass is 404 g/mol. The van der Waals surface area contributed by atoms with Crippen LogP contribution in [-0.4, -0.2) is 23.0 Å². The summed E-state index contributed by atoms with van der Waals surface area (Å²) in [6, 6.07) is 8.23. The topological polar surface area (TPSA) is 86.7 Å². The highest BCUT2D eigenvalue weighted by atomic mass is 79.9. The van der Waals surface area contributed by atoms with Crippen molar-refractivity contribution in [3.8, 4) is 5.75 Å². The largest absolute Gasteiger partial charge is 0.507 e. The Morgan fingerprint density at radius 1 is 1.08 bits per heavy atom. The Morgan fingerprint density at radius 3 is 2.40 bits per heavy atom. The third kappa shape index (κ3) is 3.29. The molecule has 1 heterocycles. The van der Waals surface area contributed by atoms with E-state index < -0.39 is 23.7 Å². The predicted octanol–water partition coefficient (Wildman–Crippen LogP) is 2.96. The third-order valence-electron chi connectivity index (χ3n) is 3.47. The van der Waals surface area contributed by atoms with Crippen molar-refractivity contribution >= 4 is 45.5 Å². The fraction of sp³-hybridized carbons (Fsp3) is 0. The number of rotatable bonds is 2. The minimum absolute atomic E-state index is 0.00434. The Kier molecular flexibility index (Phi) is 4.37. The lowest BCUT2D eigenvalue weighted by Gasteiger charge is -2.26. The molecule has 4 amide bonds. The molecule has 2 aromatic rings. The molecule has 126 valence electrons. The van der Waals surface area contributed by atoms with E-state index in [-0.39, 0.29) is 17.0 Å². The van der Waals surface area contributed by atoms with Gasteiger partial charge in [-0.3, -0.25) is 14.9 Å². The van der Waals surface area contributed by atoms with Gasteiger partial charge in [0.2, 0.25) is 0 Å². The average Bonchev–Trinajstić information content (AvgIpc) is 2.56. The highest BCUT2D eigenvalue weighted by Gasteiger charge is 2.36. The molecular formula is C17H10BrFN2O4. The van der Waals surface area contributed by atoms with Crippen LogP contribution in [0.4, 0.5) is 14.9 Å². The molecule has 0 aromatic heterocycles. The van der Waals surface area contributed by atoms with Crippen LogP contribution < -0.4 is 10.2 Å². The van der Waals surface area contributed by atoms with Gasteiger partial charge in [0.1, 0.15) is 17.1 Å². The first-order chi connectivity index (χ1) is 11.9. The zero-order valence-corrected chi connectivity index (χ0v) is 14.1. The number of amides is 4. The number of barbiturate groups is 1. The molecule has 6 nitrogen and oxygen atoms in total. The lowest BCUT2D eigenvalue weighted by atomic mass is 10.1. The van der Waals surface area contributed by atoms with Gasteiger partial charge in [-0.05, 0) is 64.0 Å². The average molecular weight is 405 g/mol. The van der Waals surface area contributed by atoms with Gasteiger partial charge in [-0.2, -0.15) is 0 Å². The quantitative estimate of drug-likeness (QED) is 0.594. The van der Waals surface area contributed by atoms with E-state index in [1.165, 1.54) is 36.4 Å². The second-order valence-corrected chi connectivity index (χ2v) is 6.00. The fourth-order valence-corrected chi connectivity index (χ4v) is 2.66. The number of aromatic hydroxyl groups is 1. The number of nitrogens with one attached hydrogen (secondary N) is 1. The van der Waals surface area contributed by atoms with Crippen molar-refractivity contribution in [2.24, 2.45) is 0 Å². The Bertz CT molecular complexity index is 925. The van der Waals surface area contributed by atoms with Crippen molar-refractivity contribution in [3.63, 3.8) is 0 Å². The van der Waals surface area contributed by atoms with Gasteiger partial charge in [-0.15, -0.1) is 0 Å². The number of hydrogen-bond acceptors (Lipinski definition) is 4. The molecule has 2 aromatic carbocycles. The molecule has 0 bridgehead atoms. The van der Waals surface area contributed by atoms with E-state index in [2.05, 4.69) is 21.2 Å². The van der Waals surface area contributed by atoms with Gasteiger partial charge in [0.25, 0.3) is 11.8 Å². The summed E-state index contributed by atoms with van der Waals surface area (Å²) >= 11 is 3.14. The fourth-order valence-electron chi connectivity index (χ4n) is 2.26. The van der Waals surface area contributed by atoms with Gasteiger partial charge in [0.05, 0.1) is 10.2 Å². The molecule has 25 heavy (non-hydrogen) atoms. The van der Waals surface area contributed by atoms with Gasteiger partial charge in [0.15, 0.2) is 0 Å². The molecule has 0 saturated carbocycles. The van der Waals surface area contributed by atoms with Crippen LogP contribution in [0, 0.1) is 5.82 Å². The highest BCUT2D eigenvalue weighted by Crippen LogP contribution is 2.27. The first-order valence-electron chi connectivity index (χ1n) is 7.02. The number of imide groups is 2. The lowest BCUT2D eigenvalue weighted by molar-refractivity contribution is -0.122.